The minimum Gasteiger partial charge on any atom is -0.462 e. The van der Waals surface area contributed by atoms with Crippen LogP contribution in [0.3, 0.4) is 0 Å². The molecule has 6 atom stereocenters. The largest absolute Gasteiger partial charge is 0.462 e. The standard InChI is InChI=1S/C21H30N2O4/c1-12(24)27-14-6-8-20(2)13(10-14)11-18(26)22-19-15(20)7-9-21(3)16(19)4-5-17(25)23-21/h11,14-16,19H,4-10H2,1-3H3,(H,22,26)(H,23,25)/t14-,15?,16?,19?,20-,21-/m0/s1. The zero-order chi connectivity index (χ0) is 19.4. The third-order valence-corrected chi connectivity index (χ3v) is 7.70. The van der Waals surface area contributed by atoms with Crippen LogP contribution < -0.4 is 10.6 Å². The molecular weight excluding hydrogens is 344 g/mol. The first-order chi connectivity index (χ1) is 12.7. The summed E-state index contributed by atoms with van der Waals surface area (Å²) in [6.07, 6.45) is 7.30. The zero-order valence-electron chi connectivity index (χ0n) is 16.5. The molecule has 2 aliphatic carbocycles. The Balaban J connectivity index is 1.64. The number of nitrogens with one attached hydrogen (secondary N) is 2. The van der Waals surface area contributed by atoms with Crippen LogP contribution in [-0.2, 0) is 19.1 Å². The van der Waals surface area contributed by atoms with Gasteiger partial charge in [-0.15, -0.1) is 0 Å². The third kappa shape index (κ3) is 3.07. The molecule has 1 saturated heterocycles. The number of ether oxygens (including phenoxy) is 1. The minimum atomic E-state index is -0.258. The Hall–Kier alpha value is -1.85. The lowest BCUT2D eigenvalue weighted by atomic mass is 9.53. The van der Waals surface area contributed by atoms with E-state index >= 15 is 0 Å². The van der Waals surface area contributed by atoms with Gasteiger partial charge >= 0.3 is 5.97 Å². The molecule has 0 aromatic heterocycles. The Bertz CT molecular complexity index is 717. The fourth-order valence-electron chi connectivity index (χ4n) is 6.28. The number of hydrogen-bond donors (Lipinski definition) is 2. The van der Waals surface area contributed by atoms with Gasteiger partial charge in [0.05, 0.1) is 0 Å². The summed E-state index contributed by atoms with van der Waals surface area (Å²) < 4.78 is 5.45. The number of piperidine rings is 1. The summed E-state index contributed by atoms with van der Waals surface area (Å²) in [4.78, 5) is 36.1. The highest BCUT2D eigenvalue weighted by atomic mass is 16.5. The SMILES string of the molecule is CC(=O)O[C@H]1CC[C@@]2(C)C(=CC(=O)NC3C2CC[C@]2(C)NC(=O)CCC32)C1. The van der Waals surface area contributed by atoms with Gasteiger partial charge in [0.1, 0.15) is 6.10 Å². The van der Waals surface area contributed by atoms with Crippen LogP contribution in [0.25, 0.3) is 0 Å². The van der Waals surface area contributed by atoms with Crippen LogP contribution in [0.1, 0.15) is 65.7 Å². The molecule has 148 valence electrons. The van der Waals surface area contributed by atoms with E-state index < -0.39 is 0 Å². The number of fused-ring (bicyclic) bond motifs is 5. The highest BCUT2D eigenvalue weighted by Crippen LogP contribution is 2.55. The number of rotatable bonds is 1. The average molecular weight is 374 g/mol. The van der Waals surface area contributed by atoms with Crippen LogP contribution in [0.4, 0.5) is 0 Å². The van der Waals surface area contributed by atoms with E-state index in [1.165, 1.54) is 6.92 Å². The van der Waals surface area contributed by atoms with Crippen molar-refractivity contribution in [2.75, 3.05) is 0 Å². The molecule has 2 N–H and O–H groups in total. The summed E-state index contributed by atoms with van der Waals surface area (Å²) in [5, 5.41) is 6.49. The van der Waals surface area contributed by atoms with E-state index in [1.807, 2.05) is 0 Å². The second kappa shape index (κ2) is 6.35. The topological polar surface area (TPSA) is 84.5 Å². The molecule has 2 saturated carbocycles. The van der Waals surface area contributed by atoms with Gasteiger partial charge in [-0.1, -0.05) is 12.5 Å². The van der Waals surface area contributed by atoms with Gasteiger partial charge in [0, 0.05) is 43.3 Å². The molecule has 3 fully saturated rings. The summed E-state index contributed by atoms with van der Waals surface area (Å²) in [6.45, 7) is 5.86. The highest BCUT2D eigenvalue weighted by molar-refractivity contribution is 5.89. The Morgan fingerprint density at radius 2 is 1.93 bits per heavy atom. The number of amides is 2. The minimum absolute atomic E-state index is 0.0478. The second-order valence-electron chi connectivity index (χ2n) is 9.35. The van der Waals surface area contributed by atoms with Gasteiger partial charge in [-0.2, -0.15) is 0 Å². The van der Waals surface area contributed by atoms with E-state index in [2.05, 4.69) is 24.5 Å². The number of hydrogen-bond acceptors (Lipinski definition) is 4. The van der Waals surface area contributed by atoms with Gasteiger partial charge < -0.3 is 15.4 Å². The highest BCUT2D eigenvalue weighted by Gasteiger charge is 2.56. The maximum absolute atomic E-state index is 12.7. The first-order valence-corrected chi connectivity index (χ1v) is 10.2. The molecule has 2 heterocycles. The van der Waals surface area contributed by atoms with Crippen molar-refractivity contribution < 1.29 is 19.1 Å². The van der Waals surface area contributed by atoms with Crippen LogP contribution >= 0.6 is 0 Å². The Labute approximate surface area is 160 Å². The molecule has 0 aromatic carbocycles. The summed E-state index contributed by atoms with van der Waals surface area (Å²) in [7, 11) is 0. The van der Waals surface area contributed by atoms with Crippen molar-refractivity contribution in [2.24, 2.45) is 17.3 Å². The van der Waals surface area contributed by atoms with Crippen molar-refractivity contribution in [2.45, 2.75) is 83.4 Å². The second-order valence-corrected chi connectivity index (χ2v) is 9.35. The lowest BCUT2D eigenvalue weighted by Crippen LogP contribution is -2.66. The number of carbonyl (C=O) groups is 3. The first-order valence-electron chi connectivity index (χ1n) is 10.2. The van der Waals surface area contributed by atoms with Crippen molar-refractivity contribution in [1.29, 1.82) is 0 Å². The molecule has 0 spiro atoms. The summed E-state index contributed by atoms with van der Waals surface area (Å²) in [5.74, 6) is 0.425. The Morgan fingerprint density at radius 1 is 1.15 bits per heavy atom. The van der Waals surface area contributed by atoms with Crippen LogP contribution in [0.2, 0.25) is 0 Å². The van der Waals surface area contributed by atoms with E-state index in [4.69, 9.17) is 4.74 Å². The average Bonchev–Trinajstić information content (AvgIpc) is 2.67. The van der Waals surface area contributed by atoms with E-state index in [0.29, 0.717) is 18.8 Å². The fraction of sp³-hybridized carbons (Fsp3) is 0.762. The number of esters is 1. The fourth-order valence-corrected chi connectivity index (χ4v) is 6.28. The van der Waals surface area contributed by atoms with Crippen LogP contribution in [0.5, 0.6) is 0 Å². The maximum atomic E-state index is 12.7. The van der Waals surface area contributed by atoms with E-state index in [-0.39, 0.29) is 46.8 Å². The normalized spacial score (nSPS) is 43.7. The van der Waals surface area contributed by atoms with Gasteiger partial charge in [-0.3, -0.25) is 14.4 Å². The Kier molecular flexibility index (Phi) is 4.35. The van der Waals surface area contributed by atoms with Gasteiger partial charge in [0.15, 0.2) is 0 Å². The molecule has 6 nitrogen and oxygen atoms in total. The van der Waals surface area contributed by atoms with Gasteiger partial charge in [0.2, 0.25) is 11.8 Å². The van der Waals surface area contributed by atoms with Crippen LogP contribution in [0.15, 0.2) is 11.6 Å². The van der Waals surface area contributed by atoms with E-state index in [9.17, 15) is 14.4 Å². The molecule has 6 heteroatoms. The maximum Gasteiger partial charge on any atom is 0.302 e. The van der Waals surface area contributed by atoms with Crippen molar-refractivity contribution in [3.05, 3.63) is 11.6 Å². The Morgan fingerprint density at radius 3 is 2.67 bits per heavy atom. The molecule has 2 aliphatic heterocycles. The van der Waals surface area contributed by atoms with Crippen molar-refractivity contribution in [3.63, 3.8) is 0 Å². The molecule has 0 bridgehead atoms. The van der Waals surface area contributed by atoms with Gasteiger partial charge in [0.25, 0.3) is 0 Å². The smallest absolute Gasteiger partial charge is 0.302 e. The predicted molar refractivity (Wildman–Crippen MR) is 99.5 cm³/mol. The molecule has 0 aromatic rings. The van der Waals surface area contributed by atoms with E-state index in [1.54, 1.807) is 6.08 Å². The molecule has 27 heavy (non-hydrogen) atoms. The van der Waals surface area contributed by atoms with Crippen molar-refractivity contribution in [3.8, 4) is 0 Å². The van der Waals surface area contributed by atoms with Crippen molar-refractivity contribution >= 4 is 17.8 Å². The van der Waals surface area contributed by atoms with Gasteiger partial charge in [-0.25, -0.2) is 0 Å². The molecule has 2 amide bonds. The third-order valence-electron chi connectivity index (χ3n) is 7.70. The molecule has 4 rings (SSSR count). The molecule has 3 unspecified atom stereocenters. The first kappa shape index (κ1) is 18.5. The molecular formula is C21H30N2O4. The monoisotopic (exact) mass is 374 g/mol. The lowest BCUT2D eigenvalue weighted by Gasteiger charge is -2.56. The lowest BCUT2D eigenvalue weighted by molar-refractivity contribution is -0.148. The summed E-state index contributed by atoms with van der Waals surface area (Å²) in [5.41, 5.74) is 0.816. The molecule has 0 radical (unpaired) electrons. The quantitative estimate of drug-likeness (QED) is 0.690. The van der Waals surface area contributed by atoms with Gasteiger partial charge in [-0.05, 0) is 50.4 Å². The predicted octanol–water partition coefficient (Wildman–Crippen LogP) is 2.23. The van der Waals surface area contributed by atoms with Crippen LogP contribution in [0, 0.1) is 17.3 Å². The zero-order valence-corrected chi connectivity index (χ0v) is 16.5. The number of carbonyl (C=O) groups excluding carboxylic acids is 3. The molecule has 4 aliphatic rings. The summed E-state index contributed by atoms with van der Waals surface area (Å²) >= 11 is 0. The summed E-state index contributed by atoms with van der Waals surface area (Å²) in [6, 6.07) is 0.0703. The van der Waals surface area contributed by atoms with Crippen LogP contribution in [-0.4, -0.2) is 35.5 Å². The van der Waals surface area contributed by atoms with E-state index in [0.717, 1.165) is 37.7 Å². The van der Waals surface area contributed by atoms with Crippen molar-refractivity contribution in [1.82, 2.24) is 10.6 Å².